The Bertz CT molecular complexity index is 578. The zero-order valence-electron chi connectivity index (χ0n) is 10.7. The van der Waals surface area contributed by atoms with Gasteiger partial charge in [0.2, 0.25) is 0 Å². The monoisotopic (exact) mass is 260 g/mol. The van der Waals surface area contributed by atoms with Gasteiger partial charge in [-0.1, -0.05) is 6.07 Å². The number of benzene rings is 1. The third-order valence-corrected chi connectivity index (χ3v) is 2.78. The van der Waals surface area contributed by atoms with E-state index in [4.69, 9.17) is 10.2 Å². The molecular weight excluding hydrogens is 244 g/mol. The van der Waals surface area contributed by atoms with Crippen LogP contribution in [-0.2, 0) is 6.54 Å². The summed E-state index contributed by atoms with van der Waals surface area (Å²) >= 11 is 0. The van der Waals surface area contributed by atoms with E-state index in [0.29, 0.717) is 18.0 Å². The Morgan fingerprint density at radius 3 is 2.74 bits per heavy atom. The summed E-state index contributed by atoms with van der Waals surface area (Å²) in [7, 11) is 0. The van der Waals surface area contributed by atoms with Crippen molar-refractivity contribution in [2.75, 3.05) is 11.4 Å². The summed E-state index contributed by atoms with van der Waals surface area (Å²) in [5, 5.41) is 9.47. The van der Waals surface area contributed by atoms with Gasteiger partial charge in [0.1, 0.15) is 11.5 Å². The van der Waals surface area contributed by atoms with Crippen LogP contribution in [0.1, 0.15) is 23.2 Å². The quantitative estimate of drug-likeness (QED) is 0.882. The fourth-order valence-corrected chi connectivity index (χ4v) is 1.84. The third-order valence-electron chi connectivity index (χ3n) is 2.78. The molecule has 19 heavy (non-hydrogen) atoms. The van der Waals surface area contributed by atoms with Crippen molar-refractivity contribution < 1.29 is 14.3 Å². The highest BCUT2D eigenvalue weighted by atomic mass is 16.4. The first-order chi connectivity index (χ1) is 9.15. The standard InChI is InChI=1S/C14H16N2O3/c1-2-16(10-4-3-5-11(17)8-10)14(18)13-7-6-12(9-15)19-13/h3-8,17H,2,9,15H2,1H3. The summed E-state index contributed by atoms with van der Waals surface area (Å²) < 4.78 is 5.35. The first-order valence-corrected chi connectivity index (χ1v) is 6.05. The Morgan fingerprint density at radius 2 is 2.16 bits per heavy atom. The van der Waals surface area contributed by atoms with E-state index in [2.05, 4.69) is 0 Å². The van der Waals surface area contributed by atoms with E-state index >= 15 is 0 Å². The van der Waals surface area contributed by atoms with E-state index in [9.17, 15) is 9.90 Å². The number of rotatable bonds is 4. The third kappa shape index (κ3) is 2.77. The predicted molar refractivity (Wildman–Crippen MR) is 72.1 cm³/mol. The summed E-state index contributed by atoms with van der Waals surface area (Å²) in [6.07, 6.45) is 0. The highest BCUT2D eigenvalue weighted by Gasteiger charge is 2.19. The van der Waals surface area contributed by atoms with Crippen LogP contribution >= 0.6 is 0 Å². The summed E-state index contributed by atoms with van der Waals surface area (Å²) in [5.74, 6) is 0.666. The molecule has 1 aromatic carbocycles. The molecular formula is C14H16N2O3. The lowest BCUT2D eigenvalue weighted by Gasteiger charge is -2.19. The van der Waals surface area contributed by atoms with Crippen molar-refractivity contribution in [1.82, 2.24) is 0 Å². The lowest BCUT2D eigenvalue weighted by molar-refractivity contribution is 0.0960. The molecule has 0 radical (unpaired) electrons. The van der Waals surface area contributed by atoms with Gasteiger partial charge in [0.25, 0.3) is 5.91 Å². The van der Waals surface area contributed by atoms with E-state index in [1.54, 1.807) is 30.3 Å². The number of phenols is 1. The van der Waals surface area contributed by atoms with E-state index in [0.717, 1.165) is 0 Å². The van der Waals surface area contributed by atoms with Crippen LogP contribution in [0.15, 0.2) is 40.8 Å². The topological polar surface area (TPSA) is 79.7 Å². The summed E-state index contributed by atoms with van der Waals surface area (Å²) in [6, 6.07) is 9.83. The van der Waals surface area contributed by atoms with Crippen LogP contribution in [0.2, 0.25) is 0 Å². The van der Waals surface area contributed by atoms with E-state index in [-0.39, 0.29) is 24.0 Å². The van der Waals surface area contributed by atoms with Crippen molar-refractivity contribution in [3.05, 3.63) is 47.9 Å². The molecule has 0 fully saturated rings. The number of phenolic OH excluding ortho intramolecular Hbond substituents is 1. The van der Waals surface area contributed by atoms with Crippen LogP contribution in [0, 0.1) is 0 Å². The average molecular weight is 260 g/mol. The number of hydrogen-bond donors (Lipinski definition) is 2. The SMILES string of the molecule is CCN(C(=O)c1ccc(CN)o1)c1cccc(O)c1. The Kier molecular flexibility index (Phi) is 3.87. The van der Waals surface area contributed by atoms with Gasteiger partial charge in [-0.3, -0.25) is 4.79 Å². The lowest BCUT2D eigenvalue weighted by Crippen LogP contribution is -2.30. The molecule has 0 unspecified atom stereocenters. The number of carbonyl (C=O) groups is 1. The van der Waals surface area contributed by atoms with E-state index < -0.39 is 0 Å². The minimum atomic E-state index is -0.257. The Balaban J connectivity index is 2.29. The Hall–Kier alpha value is -2.27. The number of amides is 1. The fourth-order valence-electron chi connectivity index (χ4n) is 1.84. The van der Waals surface area contributed by atoms with Gasteiger partial charge in [-0.2, -0.15) is 0 Å². The predicted octanol–water partition coefficient (Wildman–Crippen LogP) is 2.11. The van der Waals surface area contributed by atoms with Gasteiger partial charge in [-0.25, -0.2) is 0 Å². The number of nitrogens with zero attached hydrogens (tertiary/aromatic N) is 1. The lowest BCUT2D eigenvalue weighted by atomic mass is 10.2. The molecule has 0 spiro atoms. The van der Waals surface area contributed by atoms with Crippen LogP contribution in [0.4, 0.5) is 5.69 Å². The normalized spacial score (nSPS) is 10.4. The molecule has 2 rings (SSSR count). The molecule has 0 aliphatic rings. The van der Waals surface area contributed by atoms with Gasteiger partial charge < -0.3 is 20.2 Å². The van der Waals surface area contributed by atoms with Crippen LogP contribution in [0.25, 0.3) is 0 Å². The van der Waals surface area contributed by atoms with Crippen molar-refractivity contribution in [2.24, 2.45) is 5.73 Å². The maximum absolute atomic E-state index is 12.3. The minimum Gasteiger partial charge on any atom is -0.508 e. The van der Waals surface area contributed by atoms with Crippen LogP contribution in [-0.4, -0.2) is 17.6 Å². The van der Waals surface area contributed by atoms with Gasteiger partial charge in [-0.15, -0.1) is 0 Å². The van der Waals surface area contributed by atoms with Gasteiger partial charge in [0.05, 0.1) is 6.54 Å². The molecule has 1 amide bonds. The van der Waals surface area contributed by atoms with Gasteiger partial charge >= 0.3 is 0 Å². The molecule has 0 saturated heterocycles. The van der Waals surface area contributed by atoms with Crippen molar-refractivity contribution >= 4 is 11.6 Å². The second kappa shape index (κ2) is 5.58. The number of anilines is 1. The first kappa shape index (κ1) is 13.2. The second-order valence-electron chi connectivity index (χ2n) is 4.04. The molecule has 5 nitrogen and oxygen atoms in total. The molecule has 5 heteroatoms. The summed E-state index contributed by atoms with van der Waals surface area (Å²) in [6.45, 7) is 2.58. The summed E-state index contributed by atoms with van der Waals surface area (Å²) in [5.41, 5.74) is 6.07. The fraction of sp³-hybridized carbons (Fsp3) is 0.214. The maximum atomic E-state index is 12.3. The van der Waals surface area contributed by atoms with Crippen LogP contribution in [0.5, 0.6) is 5.75 Å². The van der Waals surface area contributed by atoms with E-state index in [1.807, 2.05) is 6.92 Å². The molecule has 0 atom stereocenters. The van der Waals surface area contributed by atoms with E-state index in [1.165, 1.54) is 11.0 Å². The highest BCUT2D eigenvalue weighted by molar-refractivity contribution is 6.04. The Morgan fingerprint density at radius 1 is 1.37 bits per heavy atom. The zero-order valence-corrected chi connectivity index (χ0v) is 10.7. The molecule has 3 N–H and O–H groups in total. The van der Waals surface area contributed by atoms with Gasteiger partial charge in [0.15, 0.2) is 5.76 Å². The van der Waals surface area contributed by atoms with Crippen molar-refractivity contribution in [3.63, 3.8) is 0 Å². The number of carbonyl (C=O) groups excluding carboxylic acids is 1. The number of nitrogens with two attached hydrogens (primary N) is 1. The first-order valence-electron chi connectivity index (χ1n) is 6.05. The molecule has 1 heterocycles. The Labute approximate surface area is 111 Å². The molecule has 0 aliphatic carbocycles. The largest absolute Gasteiger partial charge is 0.508 e. The molecule has 0 saturated carbocycles. The molecule has 100 valence electrons. The average Bonchev–Trinajstić information content (AvgIpc) is 2.88. The van der Waals surface area contributed by atoms with Crippen molar-refractivity contribution in [3.8, 4) is 5.75 Å². The number of hydrogen-bond acceptors (Lipinski definition) is 4. The van der Waals surface area contributed by atoms with Crippen molar-refractivity contribution in [1.29, 1.82) is 0 Å². The van der Waals surface area contributed by atoms with Gasteiger partial charge in [0, 0.05) is 18.3 Å². The second-order valence-corrected chi connectivity index (χ2v) is 4.04. The maximum Gasteiger partial charge on any atom is 0.293 e. The van der Waals surface area contributed by atoms with Crippen LogP contribution < -0.4 is 10.6 Å². The minimum absolute atomic E-state index is 0.117. The van der Waals surface area contributed by atoms with Crippen LogP contribution in [0.3, 0.4) is 0 Å². The molecule has 2 aromatic rings. The molecule has 0 bridgehead atoms. The van der Waals surface area contributed by atoms with Gasteiger partial charge in [-0.05, 0) is 31.2 Å². The zero-order chi connectivity index (χ0) is 13.8. The van der Waals surface area contributed by atoms with Crippen molar-refractivity contribution in [2.45, 2.75) is 13.5 Å². The highest BCUT2D eigenvalue weighted by Crippen LogP contribution is 2.22. The number of aromatic hydroxyl groups is 1. The number of furan rings is 1. The summed E-state index contributed by atoms with van der Waals surface area (Å²) in [4.78, 5) is 13.9. The molecule has 0 aliphatic heterocycles. The molecule has 1 aromatic heterocycles. The smallest absolute Gasteiger partial charge is 0.293 e.